The predicted molar refractivity (Wildman–Crippen MR) is 92.2 cm³/mol. The zero-order chi connectivity index (χ0) is 17.7. The first kappa shape index (κ1) is 17.3. The summed E-state index contributed by atoms with van der Waals surface area (Å²) in [6.45, 7) is 4.55. The van der Waals surface area contributed by atoms with Crippen LogP contribution in [0.5, 0.6) is 11.5 Å². The molecule has 1 atom stereocenters. The molecule has 2 aromatic rings. The minimum atomic E-state index is -0.340. The molecule has 0 saturated carbocycles. The van der Waals surface area contributed by atoms with Crippen LogP contribution in [0.2, 0.25) is 0 Å². The van der Waals surface area contributed by atoms with E-state index in [4.69, 9.17) is 4.74 Å². The van der Waals surface area contributed by atoms with Gasteiger partial charge in [-0.25, -0.2) is 0 Å². The average Bonchev–Trinajstić information content (AvgIpc) is 2.51. The van der Waals surface area contributed by atoms with Crippen LogP contribution < -0.4 is 15.4 Å². The molecule has 24 heavy (non-hydrogen) atoms. The van der Waals surface area contributed by atoms with Crippen molar-refractivity contribution in [2.75, 3.05) is 10.6 Å². The standard InChI is InChI=1S/C18H20N2O4/c1-11(14-7-5-4-6-8-14)24-15-9-16(19-12(2)21)18(23)17(10-15)20-13(3)22/h4-11,23H,1-3H3,(H,19,21)(H,20,22). The predicted octanol–water partition coefficient (Wildman–Crippen LogP) is 3.45. The molecule has 0 radical (unpaired) electrons. The maximum Gasteiger partial charge on any atom is 0.221 e. The Morgan fingerprint density at radius 2 is 1.50 bits per heavy atom. The molecule has 0 aliphatic heterocycles. The average molecular weight is 328 g/mol. The number of benzene rings is 2. The topological polar surface area (TPSA) is 87.7 Å². The van der Waals surface area contributed by atoms with E-state index >= 15 is 0 Å². The van der Waals surface area contributed by atoms with Crippen molar-refractivity contribution in [3.63, 3.8) is 0 Å². The van der Waals surface area contributed by atoms with E-state index in [-0.39, 0.29) is 35.0 Å². The Labute approximate surface area is 140 Å². The largest absolute Gasteiger partial charge is 0.504 e. The molecule has 126 valence electrons. The van der Waals surface area contributed by atoms with Gasteiger partial charge in [0, 0.05) is 26.0 Å². The van der Waals surface area contributed by atoms with Crippen molar-refractivity contribution in [2.24, 2.45) is 0 Å². The molecule has 0 aliphatic carbocycles. The Balaban J connectivity index is 2.34. The number of ether oxygens (including phenoxy) is 1. The number of hydrogen-bond acceptors (Lipinski definition) is 4. The van der Waals surface area contributed by atoms with E-state index in [0.29, 0.717) is 5.75 Å². The second-order valence-electron chi connectivity index (χ2n) is 5.40. The molecule has 2 rings (SSSR count). The van der Waals surface area contributed by atoms with Gasteiger partial charge in [-0.2, -0.15) is 0 Å². The third kappa shape index (κ3) is 4.49. The maximum absolute atomic E-state index is 11.3. The van der Waals surface area contributed by atoms with Crippen molar-refractivity contribution in [3.8, 4) is 11.5 Å². The summed E-state index contributed by atoms with van der Waals surface area (Å²) in [4.78, 5) is 22.6. The molecule has 6 nitrogen and oxygen atoms in total. The van der Waals surface area contributed by atoms with Crippen LogP contribution in [0.15, 0.2) is 42.5 Å². The van der Waals surface area contributed by atoms with Crippen molar-refractivity contribution in [3.05, 3.63) is 48.0 Å². The fraction of sp³-hybridized carbons (Fsp3) is 0.222. The summed E-state index contributed by atoms with van der Waals surface area (Å²) >= 11 is 0. The van der Waals surface area contributed by atoms with Gasteiger partial charge in [-0.1, -0.05) is 30.3 Å². The zero-order valence-electron chi connectivity index (χ0n) is 13.8. The molecule has 3 N–H and O–H groups in total. The minimum absolute atomic E-state index is 0.170. The molecule has 2 amide bonds. The maximum atomic E-state index is 11.3. The lowest BCUT2D eigenvalue weighted by atomic mass is 10.1. The number of anilines is 2. The van der Waals surface area contributed by atoms with E-state index in [1.807, 2.05) is 37.3 Å². The molecule has 1 unspecified atom stereocenters. The molecule has 0 aromatic heterocycles. The highest BCUT2D eigenvalue weighted by atomic mass is 16.5. The van der Waals surface area contributed by atoms with Crippen molar-refractivity contribution in [2.45, 2.75) is 26.9 Å². The zero-order valence-corrected chi connectivity index (χ0v) is 13.8. The Kier molecular flexibility index (Phi) is 5.42. The number of carbonyl (C=O) groups excluding carboxylic acids is 2. The number of carbonyl (C=O) groups is 2. The van der Waals surface area contributed by atoms with Gasteiger partial charge < -0.3 is 20.5 Å². The van der Waals surface area contributed by atoms with Crippen molar-refractivity contribution < 1.29 is 19.4 Å². The second kappa shape index (κ2) is 7.50. The molecular weight excluding hydrogens is 308 g/mol. The number of nitrogens with one attached hydrogen (secondary N) is 2. The van der Waals surface area contributed by atoms with Crippen LogP contribution in [0.1, 0.15) is 32.4 Å². The Hall–Kier alpha value is -3.02. The van der Waals surface area contributed by atoms with Gasteiger partial charge in [0.05, 0.1) is 11.4 Å². The van der Waals surface area contributed by atoms with E-state index in [1.54, 1.807) is 0 Å². The van der Waals surface area contributed by atoms with E-state index < -0.39 is 0 Å². The minimum Gasteiger partial charge on any atom is -0.504 e. The molecule has 0 aliphatic rings. The number of aromatic hydroxyl groups is 1. The van der Waals surface area contributed by atoms with Gasteiger partial charge in [-0.15, -0.1) is 0 Å². The fourth-order valence-corrected chi connectivity index (χ4v) is 2.24. The van der Waals surface area contributed by atoms with Crippen LogP contribution in [0, 0.1) is 0 Å². The van der Waals surface area contributed by atoms with Crippen LogP contribution >= 0.6 is 0 Å². The van der Waals surface area contributed by atoms with E-state index in [9.17, 15) is 14.7 Å². The normalized spacial score (nSPS) is 11.5. The Morgan fingerprint density at radius 1 is 1.00 bits per heavy atom. The number of amides is 2. The van der Waals surface area contributed by atoms with Crippen LogP contribution in [0.3, 0.4) is 0 Å². The van der Waals surface area contributed by atoms with Gasteiger partial charge >= 0.3 is 0 Å². The highest BCUT2D eigenvalue weighted by Crippen LogP contribution is 2.38. The quantitative estimate of drug-likeness (QED) is 0.734. The summed E-state index contributed by atoms with van der Waals surface area (Å²) in [5, 5.41) is 15.2. The van der Waals surface area contributed by atoms with Gasteiger partial charge in [0.2, 0.25) is 11.8 Å². The first-order chi connectivity index (χ1) is 11.4. The number of phenolic OH excluding ortho intramolecular Hbond substituents is 1. The molecule has 6 heteroatoms. The van der Waals surface area contributed by atoms with Gasteiger partial charge in [-0.3, -0.25) is 9.59 Å². The molecular formula is C18H20N2O4. The molecule has 0 fully saturated rings. The second-order valence-corrected chi connectivity index (χ2v) is 5.40. The smallest absolute Gasteiger partial charge is 0.221 e. The number of rotatable bonds is 5. The highest BCUT2D eigenvalue weighted by Gasteiger charge is 2.15. The summed E-state index contributed by atoms with van der Waals surface area (Å²) < 4.78 is 5.89. The van der Waals surface area contributed by atoms with Crippen molar-refractivity contribution in [1.82, 2.24) is 0 Å². The lowest BCUT2D eigenvalue weighted by molar-refractivity contribution is -0.115. The Morgan fingerprint density at radius 3 is 1.96 bits per heavy atom. The van der Waals surface area contributed by atoms with Gasteiger partial charge in [-0.05, 0) is 12.5 Å². The molecule has 0 saturated heterocycles. The first-order valence-electron chi connectivity index (χ1n) is 7.50. The van der Waals surface area contributed by atoms with E-state index in [2.05, 4.69) is 10.6 Å². The summed E-state index contributed by atoms with van der Waals surface area (Å²) in [6, 6.07) is 12.7. The lowest BCUT2D eigenvalue weighted by Crippen LogP contribution is -2.11. The summed E-state index contributed by atoms with van der Waals surface area (Å²) in [6.07, 6.45) is -0.244. The number of phenols is 1. The summed E-state index contributed by atoms with van der Waals surface area (Å²) in [5.41, 5.74) is 1.32. The monoisotopic (exact) mass is 328 g/mol. The third-order valence-electron chi connectivity index (χ3n) is 3.29. The number of hydrogen-bond donors (Lipinski definition) is 3. The van der Waals surface area contributed by atoms with E-state index in [1.165, 1.54) is 26.0 Å². The molecule has 0 bridgehead atoms. The molecule has 0 heterocycles. The van der Waals surface area contributed by atoms with Crippen molar-refractivity contribution >= 4 is 23.2 Å². The first-order valence-corrected chi connectivity index (χ1v) is 7.50. The summed E-state index contributed by atoms with van der Waals surface area (Å²) in [7, 11) is 0. The fourth-order valence-electron chi connectivity index (χ4n) is 2.24. The van der Waals surface area contributed by atoms with Gasteiger partial charge in [0.25, 0.3) is 0 Å². The van der Waals surface area contributed by atoms with E-state index in [0.717, 1.165) is 5.56 Å². The Bertz CT molecular complexity index is 707. The summed E-state index contributed by atoms with van der Waals surface area (Å²) in [5.74, 6) is -0.489. The van der Waals surface area contributed by atoms with Crippen LogP contribution in [0.4, 0.5) is 11.4 Å². The molecule has 0 spiro atoms. The van der Waals surface area contributed by atoms with Gasteiger partial charge in [0.1, 0.15) is 11.9 Å². The highest BCUT2D eigenvalue weighted by molar-refractivity contribution is 5.96. The lowest BCUT2D eigenvalue weighted by Gasteiger charge is -2.18. The van der Waals surface area contributed by atoms with Gasteiger partial charge in [0.15, 0.2) is 5.75 Å². The van der Waals surface area contributed by atoms with Crippen LogP contribution in [-0.4, -0.2) is 16.9 Å². The molecule has 2 aromatic carbocycles. The van der Waals surface area contributed by atoms with Crippen molar-refractivity contribution in [1.29, 1.82) is 0 Å². The van der Waals surface area contributed by atoms with Crippen LogP contribution in [-0.2, 0) is 9.59 Å². The SMILES string of the molecule is CC(=O)Nc1cc(OC(C)c2ccccc2)cc(NC(C)=O)c1O. The van der Waals surface area contributed by atoms with Crippen LogP contribution in [0.25, 0.3) is 0 Å². The third-order valence-corrected chi connectivity index (χ3v) is 3.29.